The number of ether oxygens (including phenoxy) is 4. The van der Waals surface area contributed by atoms with Gasteiger partial charge in [-0.15, -0.1) is 0 Å². The Morgan fingerprint density at radius 2 is 1.21 bits per heavy atom. The van der Waals surface area contributed by atoms with Gasteiger partial charge in [0.2, 0.25) is 16.1 Å². The Hall–Kier alpha value is -3.41. The van der Waals surface area contributed by atoms with E-state index in [0.717, 1.165) is 0 Å². The normalized spacial score (nSPS) is 17.9. The molecule has 0 saturated heterocycles. The van der Waals surface area contributed by atoms with Gasteiger partial charge in [-0.25, -0.2) is 28.1 Å². The minimum atomic E-state index is -4.82. The van der Waals surface area contributed by atoms with Crippen LogP contribution in [0.3, 0.4) is 0 Å². The van der Waals surface area contributed by atoms with Gasteiger partial charge in [0.25, 0.3) is 9.05 Å². The lowest BCUT2D eigenvalue weighted by molar-refractivity contribution is -0.174. The molecular weight excluding hydrogens is 1110 g/mol. The molecule has 1 amide bonds. The molecule has 0 aliphatic heterocycles. The summed E-state index contributed by atoms with van der Waals surface area (Å²) in [5, 5.41) is 11.7. The standard InChI is InChI=1S/C18H15BrCl2N2O4S.C13H8BrCl3O4S.C7H7F3N2O/c1-26-16-3-2-13(27-18-14(20)6-11(19)7-15(18)21)8-17(16)28(24,25)23-12-4-10(5-12)9-22;1-20-11-3-2-8(6-12(11)22(17,18)19)21-13-9(15)4-7(14)5-10(13)16;1-11-4-2-5(3-4)12-6(13)7(8,9)10/h2-3,6-8,10,12,23H,4-5H2,1H3;2-6H,1H3;4-5H,2-3H2,(H,12,13). The monoisotopic (exact) mass is 1140 g/mol. The number of alkyl halides is 3. The van der Waals surface area contributed by atoms with Gasteiger partial charge in [0.15, 0.2) is 11.5 Å². The van der Waals surface area contributed by atoms with Crippen LogP contribution in [0.1, 0.15) is 25.7 Å². The predicted molar refractivity (Wildman–Crippen MR) is 238 cm³/mol. The van der Waals surface area contributed by atoms with Crippen LogP contribution in [0.5, 0.6) is 34.5 Å². The first-order valence-electron chi connectivity index (χ1n) is 17.5. The number of nitriles is 1. The number of nitrogens with one attached hydrogen (secondary N) is 2. The van der Waals surface area contributed by atoms with Crippen molar-refractivity contribution in [1.82, 2.24) is 10.0 Å². The third-order valence-electron chi connectivity index (χ3n) is 8.72. The van der Waals surface area contributed by atoms with Crippen LogP contribution in [-0.2, 0) is 23.9 Å². The minimum absolute atomic E-state index is 0.0720. The molecule has 13 nitrogen and oxygen atoms in total. The highest BCUT2D eigenvalue weighted by molar-refractivity contribution is 9.10. The maximum Gasteiger partial charge on any atom is 0.471 e. The number of carbonyl (C=O) groups is 1. The Balaban J connectivity index is 0.000000222. The number of nitrogens with zero attached hydrogens (tertiary/aromatic N) is 2. The molecule has 0 aromatic heterocycles. The van der Waals surface area contributed by atoms with E-state index in [1.807, 2.05) is 5.32 Å². The fraction of sp³-hybridized carbons (Fsp3) is 0.289. The Labute approximate surface area is 401 Å². The summed E-state index contributed by atoms with van der Waals surface area (Å²) >= 11 is 31.0. The second-order valence-electron chi connectivity index (χ2n) is 13.2. The van der Waals surface area contributed by atoms with E-state index in [4.69, 9.17) is 87.9 Å². The summed E-state index contributed by atoms with van der Waals surface area (Å²) in [5.74, 6) is -0.910. The number of rotatable bonds is 11. The lowest BCUT2D eigenvalue weighted by Gasteiger charge is -2.31. The molecule has 0 bridgehead atoms. The molecule has 2 fully saturated rings. The number of halogens is 10. The van der Waals surface area contributed by atoms with Crippen LogP contribution in [0.2, 0.25) is 20.1 Å². The van der Waals surface area contributed by atoms with E-state index in [-0.39, 0.29) is 82.4 Å². The first-order valence-corrected chi connectivity index (χ1v) is 24.4. The smallest absolute Gasteiger partial charge is 0.471 e. The highest BCUT2D eigenvalue weighted by Crippen LogP contribution is 2.42. The zero-order valence-electron chi connectivity index (χ0n) is 32.1. The molecular formula is C38H30Br2Cl5F3N4O9S2. The van der Waals surface area contributed by atoms with Crippen LogP contribution in [0, 0.1) is 23.8 Å². The lowest BCUT2D eigenvalue weighted by atomic mass is 9.82. The predicted octanol–water partition coefficient (Wildman–Crippen LogP) is 11.7. The first kappa shape index (κ1) is 52.2. The van der Waals surface area contributed by atoms with Crippen molar-refractivity contribution in [2.24, 2.45) is 5.92 Å². The summed E-state index contributed by atoms with van der Waals surface area (Å²) < 4.78 is 109. The number of sulfonamides is 1. The van der Waals surface area contributed by atoms with Gasteiger partial charge in [0.1, 0.15) is 32.8 Å². The van der Waals surface area contributed by atoms with E-state index >= 15 is 0 Å². The number of carbonyl (C=O) groups excluding carboxylic acids is 1. The van der Waals surface area contributed by atoms with Gasteiger partial charge < -0.3 is 29.1 Å². The average molecular weight is 1140 g/mol. The summed E-state index contributed by atoms with van der Waals surface area (Å²) in [7, 11) is 0.230. The van der Waals surface area contributed by atoms with Crippen molar-refractivity contribution in [2.75, 3.05) is 14.2 Å². The maximum absolute atomic E-state index is 12.8. The van der Waals surface area contributed by atoms with Crippen molar-refractivity contribution in [3.05, 3.63) is 101 Å². The van der Waals surface area contributed by atoms with Crippen molar-refractivity contribution in [3.8, 4) is 40.6 Å². The highest BCUT2D eigenvalue weighted by atomic mass is 79.9. The van der Waals surface area contributed by atoms with Crippen molar-refractivity contribution in [2.45, 2.75) is 59.8 Å². The zero-order valence-corrected chi connectivity index (χ0v) is 40.7. The summed E-state index contributed by atoms with van der Waals surface area (Å²) in [6.45, 7) is 6.55. The lowest BCUT2D eigenvalue weighted by Crippen LogP contribution is -2.50. The Morgan fingerprint density at radius 1 is 0.778 bits per heavy atom. The van der Waals surface area contributed by atoms with Crippen LogP contribution < -0.4 is 29.0 Å². The van der Waals surface area contributed by atoms with Crippen LogP contribution in [0.15, 0.2) is 79.4 Å². The van der Waals surface area contributed by atoms with Gasteiger partial charge in [-0.1, -0.05) is 78.3 Å². The van der Waals surface area contributed by atoms with Gasteiger partial charge in [-0.05, 0) is 61.4 Å². The molecule has 0 radical (unpaired) electrons. The molecule has 25 heteroatoms. The number of methoxy groups -OCH3 is 2. The topological polar surface area (TPSA) is 174 Å². The first-order chi connectivity index (χ1) is 29.4. The van der Waals surface area contributed by atoms with E-state index in [9.17, 15) is 34.8 Å². The molecule has 4 aromatic rings. The fourth-order valence-corrected chi connectivity index (χ4v) is 10.5. The van der Waals surface area contributed by atoms with E-state index in [2.05, 4.69) is 47.5 Å². The van der Waals surface area contributed by atoms with Gasteiger partial charge in [-0.3, -0.25) is 4.79 Å². The van der Waals surface area contributed by atoms with E-state index in [1.54, 1.807) is 30.3 Å². The Kier molecular flexibility index (Phi) is 18.4. The van der Waals surface area contributed by atoms with Gasteiger partial charge >= 0.3 is 12.1 Å². The molecule has 2 saturated carbocycles. The van der Waals surface area contributed by atoms with Crippen molar-refractivity contribution >= 4 is 114 Å². The third kappa shape index (κ3) is 14.5. The van der Waals surface area contributed by atoms with Gasteiger partial charge in [-0.2, -0.15) is 18.4 Å². The van der Waals surface area contributed by atoms with E-state index in [0.29, 0.717) is 34.6 Å². The zero-order chi connectivity index (χ0) is 47.0. The molecule has 63 heavy (non-hydrogen) atoms. The summed E-state index contributed by atoms with van der Waals surface area (Å²) in [4.78, 5) is 13.2. The minimum Gasteiger partial charge on any atom is -0.495 e. The number of hydrogen-bond acceptors (Lipinski definition) is 10. The number of amides is 1. The largest absolute Gasteiger partial charge is 0.495 e. The number of benzene rings is 4. The molecule has 0 atom stereocenters. The molecule has 2 aliphatic rings. The second kappa shape index (κ2) is 22.2. The van der Waals surface area contributed by atoms with Gasteiger partial charge in [0.05, 0.1) is 40.4 Å². The molecule has 2 aliphatic carbocycles. The van der Waals surface area contributed by atoms with Crippen LogP contribution in [0.4, 0.5) is 13.2 Å². The van der Waals surface area contributed by atoms with E-state index < -0.39 is 37.2 Å². The average Bonchev–Trinajstić information content (AvgIpc) is 3.16. The second-order valence-corrected chi connectivity index (χ2v) is 20.9. The fourth-order valence-electron chi connectivity index (χ4n) is 5.51. The molecule has 4 aromatic carbocycles. The SMILES string of the molecule is COc1ccc(Oc2c(Cl)cc(Br)cc2Cl)cc1S(=O)(=O)Cl.COc1ccc(Oc2c(Cl)cc(Br)cc2Cl)cc1S(=O)(=O)NC1CC(C#N)C1.[C-]#[N+]C1CC(NC(=O)C(F)(F)F)C1. The number of hydrogen-bond donors (Lipinski definition) is 2. The van der Waals surface area contributed by atoms with Crippen molar-refractivity contribution in [1.29, 1.82) is 5.26 Å². The molecule has 0 heterocycles. The van der Waals surface area contributed by atoms with Crippen LogP contribution >= 0.6 is 88.9 Å². The Bertz CT molecular complexity index is 2620. The maximum atomic E-state index is 12.8. The molecule has 0 spiro atoms. The summed E-state index contributed by atoms with van der Waals surface area (Å²) in [6, 6.07) is 16.1. The Morgan fingerprint density at radius 3 is 1.59 bits per heavy atom. The molecule has 0 unspecified atom stereocenters. The molecule has 6 rings (SSSR count). The summed E-state index contributed by atoms with van der Waals surface area (Å²) in [6.07, 6.45) is -3.20. The van der Waals surface area contributed by atoms with Crippen molar-refractivity contribution in [3.63, 3.8) is 0 Å². The van der Waals surface area contributed by atoms with E-state index in [1.165, 1.54) is 44.6 Å². The molecule has 2 N–H and O–H groups in total. The van der Waals surface area contributed by atoms with Crippen LogP contribution in [0.25, 0.3) is 4.85 Å². The van der Waals surface area contributed by atoms with Crippen molar-refractivity contribution < 1.29 is 53.7 Å². The summed E-state index contributed by atoms with van der Waals surface area (Å²) in [5.41, 5.74) is 0. The van der Waals surface area contributed by atoms with Crippen LogP contribution in [-0.4, -0.2) is 61.3 Å². The highest BCUT2D eigenvalue weighted by Gasteiger charge is 2.43. The quantitative estimate of drug-likeness (QED) is 0.109. The molecule has 338 valence electrons. The van der Waals surface area contributed by atoms with Gasteiger partial charge in [0, 0.05) is 62.6 Å². The third-order valence-corrected chi connectivity index (χ3v) is 13.6.